The van der Waals surface area contributed by atoms with Crippen molar-refractivity contribution in [2.24, 2.45) is 10.8 Å². The third-order valence-electron chi connectivity index (χ3n) is 1.80. The molecule has 0 aromatic heterocycles. The second-order valence-electron chi connectivity index (χ2n) is 3.07. The quantitative estimate of drug-likeness (QED) is 0.279. The number of rotatable bonds is 3. The number of carbonyl (C=O) groups is 2. The highest BCUT2D eigenvalue weighted by molar-refractivity contribution is 6.34. The molecule has 18 heavy (non-hydrogen) atoms. The van der Waals surface area contributed by atoms with Crippen LogP contribution in [0.15, 0.2) is 23.3 Å². The summed E-state index contributed by atoms with van der Waals surface area (Å²) >= 11 is 0. The molecule has 0 unspecified atom stereocenters. The van der Waals surface area contributed by atoms with Crippen molar-refractivity contribution >= 4 is 23.7 Å². The molecule has 0 aliphatic carbocycles. The molecule has 0 saturated carbocycles. The summed E-state index contributed by atoms with van der Waals surface area (Å²) in [5.41, 5.74) is 6.22. The number of nitro groups is 1. The number of nitrogens with two attached hydrogens (primary N) is 1. The van der Waals surface area contributed by atoms with Gasteiger partial charge in [0.05, 0.1) is 11.1 Å². The number of amides is 2. The fourth-order valence-electron chi connectivity index (χ4n) is 0.988. The summed E-state index contributed by atoms with van der Waals surface area (Å²) in [6.45, 7) is 0. The number of primary amides is 1. The molecule has 1 aromatic rings. The maximum absolute atomic E-state index is 10.7. The van der Waals surface area contributed by atoms with Crippen molar-refractivity contribution in [1.29, 1.82) is 0 Å². The van der Waals surface area contributed by atoms with Crippen LogP contribution in [0, 0.1) is 10.1 Å². The van der Waals surface area contributed by atoms with E-state index in [1.54, 1.807) is 0 Å². The Bertz CT molecular complexity index is 540. The van der Waals surface area contributed by atoms with Gasteiger partial charge in [0.1, 0.15) is 0 Å². The summed E-state index contributed by atoms with van der Waals surface area (Å²) < 4.78 is 0. The van der Waals surface area contributed by atoms with Gasteiger partial charge in [0, 0.05) is 11.6 Å². The molecular weight excluding hydrogens is 244 g/mol. The van der Waals surface area contributed by atoms with E-state index < -0.39 is 28.2 Å². The number of phenols is 1. The fourth-order valence-corrected chi connectivity index (χ4v) is 0.988. The third-order valence-corrected chi connectivity index (χ3v) is 1.80. The van der Waals surface area contributed by atoms with Crippen LogP contribution >= 0.6 is 0 Å². The zero-order valence-corrected chi connectivity index (χ0v) is 8.86. The van der Waals surface area contributed by atoms with Gasteiger partial charge >= 0.3 is 17.5 Å². The highest BCUT2D eigenvalue weighted by Gasteiger charge is 2.12. The Morgan fingerprint density at radius 3 is 2.72 bits per heavy atom. The van der Waals surface area contributed by atoms with Crippen LogP contribution in [-0.4, -0.2) is 28.1 Å². The van der Waals surface area contributed by atoms with Gasteiger partial charge in [0.25, 0.3) is 0 Å². The van der Waals surface area contributed by atoms with Crippen LogP contribution in [0.3, 0.4) is 0 Å². The molecule has 1 aromatic carbocycles. The Kier molecular flexibility index (Phi) is 3.92. The van der Waals surface area contributed by atoms with Gasteiger partial charge < -0.3 is 10.8 Å². The molecule has 94 valence electrons. The molecule has 0 spiro atoms. The van der Waals surface area contributed by atoms with E-state index in [0.29, 0.717) is 0 Å². The van der Waals surface area contributed by atoms with E-state index in [2.05, 4.69) is 10.8 Å². The summed E-state index contributed by atoms with van der Waals surface area (Å²) in [6, 6.07) is 3.49. The molecule has 0 heterocycles. The lowest BCUT2D eigenvalue weighted by Gasteiger charge is -1.97. The van der Waals surface area contributed by atoms with Crippen molar-refractivity contribution in [2.45, 2.75) is 0 Å². The minimum absolute atomic E-state index is 0.254. The monoisotopic (exact) mass is 252 g/mol. The third kappa shape index (κ3) is 3.27. The standard InChI is InChI=1S/C9H8N4O5/c10-8(15)9(16)12-11-4-5-1-2-7(14)6(3-5)13(17)18/h1-4,14H,(H2,10,15)(H,12,16)/b11-4+. The number of phenolic OH excluding ortho intramolecular Hbond substituents is 1. The molecule has 9 nitrogen and oxygen atoms in total. The van der Waals surface area contributed by atoms with Crippen LogP contribution in [0.5, 0.6) is 5.75 Å². The lowest BCUT2D eigenvalue weighted by molar-refractivity contribution is -0.385. The van der Waals surface area contributed by atoms with Gasteiger partial charge in [0.2, 0.25) is 0 Å². The first kappa shape index (κ1) is 13.1. The maximum atomic E-state index is 10.7. The van der Waals surface area contributed by atoms with Gasteiger partial charge in [-0.15, -0.1) is 0 Å². The molecule has 0 fully saturated rings. The highest BCUT2D eigenvalue weighted by atomic mass is 16.6. The summed E-state index contributed by atoms with van der Waals surface area (Å²) in [5, 5.41) is 23.1. The summed E-state index contributed by atoms with van der Waals surface area (Å²) in [5.74, 6) is -2.80. The first-order valence-electron chi connectivity index (χ1n) is 4.52. The molecule has 0 atom stereocenters. The van der Waals surface area contributed by atoms with Gasteiger partial charge in [-0.05, 0) is 12.1 Å². The Morgan fingerprint density at radius 1 is 1.50 bits per heavy atom. The molecule has 4 N–H and O–H groups in total. The number of carbonyl (C=O) groups excluding carboxylic acids is 2. The zero-order chi connectivity index (χ0) is 13.7. The molecule has 9 heteroatoms. The summed E-state index contributed by atoms with van der Waals surface area (Å²) in [4.78, 5) is 30.8. The highest BCUT2D eigenvalue weighted by Crippen LogP contribution is 2.25. The van der Waals surface area contributed by atoms with Crippen LogP contribution in [0.1, 0.15) is 5.56 Å². The molecule has 0 aliphatic heterocycles. The Balaban J connectivity index is 2.83. The number of benzene rings is 1. The molecule has 2 amide bonds. The molecule has 1 rings (SSSR count). The van der Waals surface area contributed by atoms with Crippen molar-refractivity contribution in [3.63, 3.8) is 0 Å². The molecule has 0 saturated heterocycles. The minimum Gasteiger partial charge on any atom is -0.502 e. The molecule has 0 aliphatic rings. The number of nitrogens with zero attached hydrogens (tertiary/aromatic N) is 2. The van der Waals surface area contributed by atoms with E-state index in [1.165, 1.54) is 6.07 Å². The molecular formula is C9H8N4O5. The first-order valence-corrected chi connectivity index (χ1v) is 4.52. The molecule has 0 bridgehead atoms. The van der Waals surface area contributed by atoms with Gasteiger partial charge in [-0.2, -0.15) is 5.10 Å². The largest absolute Gasteiger partial charge is 0.502 e. The van der Waals surface area contributed by atoms with Crippen LogP contribution in [-0.2, 0) is 9.59 Å². The minimum atomic E-state index is -1.20. The SMILES string of the molecule is NC(=O)C(=O)N/N=C/c1ccc(O)c([N+](=O)[O-])c1. The van der Waals surface area contributed by atoms with Crippen LogP contribution in [0.25, 0.3) is 0 Å². The average molecular weight is 252 g/mol. The van der Waals surface area contributed by atoms with Gasteiger partial charge in [-0.1, -0.05) is 0 Å². The van der Waals surface area contributed by atoms with Crippen LogP contribution in [0.4, 0.5) is 5.69 Å². The number of hydrogen-bond donors (Lipinski definition) is 3. The van der Waals surface area contributed by atoms with Gasteiger partial charge in [-0.25, -0.2) is 5.43 Å². The van der Waals surface area contributed by atoms with E-state index >= 15 is 0 Å². The topological polar surface area (TPSA) is 148 Å². The van der Waals surface area contributed by atoms with Crippen molar-refractivity contribution in [3.05, 3.63) is 33.9 Å². The summed E-state index contributed by atoms with van der Waals surface area (Å²) in [7, 11) is 0. The number of nitro benzene ring substituents is 1. The molecule has 0 radical (unpaired) electrons. The van der Waals surface area contributed by atoms with E-state index in [4.69, 9.17) is 0 Å². The second-order valence-corrected chi connectivity index (χ2v) is 3.07. The lowest BCUT2D eigenvalue weighted by Crippen LogP contribution is -2.32. The van der Waals surface area contributed by atoms with Crippen LogP contribution < -0.4 is 11.2 Å². The second kappa shape index (κ2) is 5.39. The number of hydrogen-bond acceptors (Lipinski definition) is 6. The Hall–Kier alpha value is -2.97. The number of aromatic hydroxyl groups is 1. The fraction of sp³-hybridized carbons (Fsp3) is 0. The van der Waals surface area contributed by atoms with Gasteiger partial charge in [-0.3, -0.25) is 19.7 Å². The van der Waals surface area contributed by atoms with E-state index in [-0.39, 0.29) is 5.56 Å². The normalized spacial score (nSPS) is 10.2. The summed E-state index contributed by atoms with van der Waals surface area (Å²) in [6.07, 6.45) is 1.06. The van der Waals surface area contributed by atoms with Crippen LogP contribution in [0.2, 0.25) is 0 Å². The van der Waals surface area contributed by atoms with E-state index in [1.807, 2.05) is 5.43 Å². The van der Waals surface area contributed by atoms with E-state index in [9.17, 15) is 24.8 Å². The van der Waals surface area contributed by atoms with Crippen molar-refractivity contribution in [1.82, 2.24) is 5.43 Å². The lowest BCUT2D eigenvalue weighted by atomic mass is 10.2. The van der Waals surface area contributed by atoms with Crippen molar-refractivity contribution in [3.8, 4) is 5.75 Å². The first-order chi connectivity index (χ1) is 8.41. The van der Waals surface area contributed by atoms with E-state index in [0.717, 1.165) is 18.3 Å². The van der Waals surface area contributed by atoms with Crippen molar-refractivity contribution in [2.75, 3.05) is 0 Å². The van der Waals surface area contributed by atoms with Crippen molar-refractivity contribution < 1.29 is 19.6 Å². The van der Waals surface area contributed by atoms with Gasteiger partial charge in [0.15, 0.2) is 5.75 Å². The number of nitrogens with one attached hydrogen (secondary N) is 1. The zero-order valence-electron chi connectivity index (χ0n) is 8.86. The number of hydrazone groups is 1. The Labute approximate surface area is 100 Å². The predicted molar refractivity (Wildman–Crippen MR) is 59.7 cm³/mol. The smallest absolute Gasteiger partial charge is 0.329 e. The predicted octanol–water partition coefficient (Wildman–Crippen LogP) is -0.764. The Morgan fingerprint density at radius 2 is 2.17 bits per heavy atom. The maximum Gasteiger partial charge on any atom is 0.329 e. The average Bonchev–Trinajstić information content (AvgIpc) is 2.30.